The number of carbonyl (C=O) groups excluding carboxylic acids is 1. The predicted octanol–water partition coefficient (Wildman–Crippen LogP) is 0.595. The smallest absolute Gasteiger partial charge is 0.229 e. The molecule has 0 atom stereocenters. The molecule has 0 aliphatic carbocycles. The van der Waals surface area contributed by atoms with E-state index in [9.17, 15) is 4.79 Å². The Morgan fingerprint density at radius 2 is 2.33 bits per heavy atom. The van der Waals surface area contributed by atoms with Crippen LogP contribution < -0.4 is 11.1 Å². The highest BCUT2D eigenvalue weighted by Crippen LogP contribution is 1.96. The van der Waals surface area contributed by atoms with E-state index in [1.807, 2.05) is 0 Å². The Balaban J connectivity index is 3.10. The molecule has 0 fully saturated rings. The SMILES string of the molecule is CCCCNC(=O)CSCCN. The molecule has 0 heterocycles. The second kappa shape index (κ2) is 8.87. The van der Waals surface area contributed by atoms with Gasteiger partial charge < -0.3 is 11.1 Å². The summed E-state index contributed by atoms with van der Waals surface area (Å²) in [5.41, 5.74) is 5.28. The summed E-state index contributed by atoms with van der Waals surface area (Å²) in [6, 6.07) is 0. The van der Waals surface area contributed by atoms with Gasteiger partial charge in [-0.15, -0.1) is 0 Å². The number of hydrogen-bond acceptors (Lipinski definition) is 3. The molecule has 0 radical (unpaired) electrons. The molecule has 0 bridgehead atoms. The molecule has 0 saturated carbocycles. The van der Waals surface area contributed by atoms with E-state index in [0.29, 0.717) is 12.3 Å². The molecule has 0 aliphatic rings. The largest absolute Gasteiger partial charge is 0.355 e. The van der Waals surface area contributed by atoms with E-state index in [1.165, 1.54) is 0 Å². The van der Waals surface area contributed by atoms with Crippen LogP contribution in [0.25, 0.3) is 0 Å². The van der Waals surface area contributed by atoms with Gasteiger partial charge in [-0.2, -0.15) is 11.8 Å². The second-order valence-electron chi connectivity index (χ2n) is 2.54. The van der Waals surface area contributed by atoms with Gasteiger partial charge in [-0.3, -0.25) is 4.79 Å². The van der Waals surface area contributed by atoms with Crippen molar-refractivity contribution < 1.29 is 4.79 Å². The summed E-state index contributed by atoms with van der Waals surface area (Å²) in [6.45, 7) is 3.56. The highest BCUT2D eigenvalue weighted by Gasteiger charge is 1.98. The van der Waals surface area contributed by atoms with E-state index in [-0.39, 0.29) is 5.91 Å². The maximum absolute atomic E-state index is 11.0. The number of rotatable bonds is 7. The number of amides is 1. The molecule has 0 aromatic carbocycles. The highest BCUT2D eigenvalue weighted by molar-refractivity contribution is 7.99. The fraction of sp³-hybridized carbons (Fsp3) is 0.875. The van der Waals surface area contributed by atoms with Crippen LogP contribution >= 0.6 is 11.8 Å². The van der Waals surface area contributed by atoms with Crippen molar-refractivity contribution in [3.8, 4) is 0 Å². The summed E-state index contributed by atoms with van der Waals surface area (Å²) in [5.74, 6) is 1.53. The van der Waals surface area contributed by atoms with Gasteiger partial charge in [-0.1, -0.05) is 13.3 Å². The van der Waals surface area contributed by atoms with Crippen LogP contribution in [0.15, 0.2) is 0 Å². The van der Waals surface area contributed by atoms with Crippen molar-refractivity contribution in [3.05, 3.63) is 0 Å². The van der Waals surface area contributed by atoms with Crippen LogP contribution in [-0.2, 0) is 4.79 Å². The van der Waals surface area contributed by atoms with E-state index in [1.54, 1.807) is 11.8 Å². The third-order valence-corrected chi connectivity index (χ3v) is 2.34. The topological polar surface area (TPSA) is 55.1 Å². The Kier molecular flexibility index (Phi) is 8.71. The maximum atomic E-state index is 11.0. The Labute approximate surface area is 78.5 Å². The zero-order valence-electron chi connectivity index (χ0n) is 7.64. The number of nitrogens with two attached hydrogens (primary N) is 1. The average molecular weight is 190 g/mol. The zero-order valence-corrected chi connectivity index (χ0v) is 8.45. The molecule has 0 spiro atoms. The quantitative estimate of drug-likeness (QED) is 0.578. The lowest BCUT2D eigenvalue weighted by molar-refractivity contribution is -0.118. The van der Waals surface area contributed by atoms with Crippen LogP contribution in [-0.4, -0.2) is 30.5 Å². The van der Waals surface area contributed by atoms with E-state index in [2.05, 4.69) is 12.2 Å². The summed E-state index contributed by atoms with van der Waals surface area (Å²) < 4.78 is 0. The molecule has 0 saturated heterocycles. The first-order valence-corrected chi connectivity index (χ1v) is 5.51. The number of unbranched alkanes of at least 4 members (excludes halogenated alkanes) is 1. The third-order valence-electron chi connectivity index (χ3n) is 1.35. The summed E-state index contributed by atoms with van der Waals surface area (Å²) in [6.07, 6.45) is 2.18. The lowest BCUT2D eigenvalue weighted by atomic mass is 10.3. The van der Waals surface area contributed by atoms with E-state index in [4.69, 9.17) is 5.73 Å². The van der Waals surface area contributed by atoms with E-state index < -0.39 is 0 Å². The van der Waals surface area contributed by atoms with Gasteiger partial charge in [-0.25, -0.2) is 0 Å². The van der Waals surface area contributed by atoms with Crippen molar-refractivity contribution in [2.24, 2.45) is 5.73 Å². The number of thioether (sulfide) groups is 1. The van der Waals surface area contributed by atoms with Crippen molar-refractivity contribution in [3.63, 3.8) is 0 Å². The molecule has 1 amide bonds. The molecule has 3 nitrogen and oxygen atoms in total. The second-order valence-corrected chi connectivity index (χ2v) is 3.65. The van der Waals surface area contributed by atoms with Crippen LogP contribution in [0.5, 0.6) is 0 Å². The van der Waals surface area contributed by atoms with Crippen molar-refractivity contribution in [1.82, 2.24) is 5.32 Å². The molecule has 0 aromatic rings. The van der Waals surface area contributed by atoms with Gasteiger partial charge in [0, 0.05) is 18.8 Å². The van der Waals surface area contributed by atoms with Crippen LogP contribution in [0, 0.1) is 0 Å². The summed E-state index contributed by atoms with van der Waals surface area (Å²) in [4.78, 5) is 11.0. The highest BCUT2D eigenvalue weighted by atomic mass is 32.2. The molecule has 0 aliphatic heterocycles. The van der Waals surface area contributed by atoms with Gasteiger partial charge in [0.05, 0.1) is 5.75 Å². The Morgan fingerprint density at radius 3 is 2.92 bits per heavy atom. The van der Waals surface area contributed by atoms with Crippen LogP contribution in [0.2, 0.25) is 0 Å². The van der Waals surface area contributed by atoms with Gasteiger partial charge in [0.2, 0.25) is 5.91 Å². The summed E-state index contributed by atoms with van der Waals surface area (Å²) in [5, 5.41) is 2.84. The molecular formula is C8H18N2OS. The Morgan fingerprint density at radius 1 is 1.58 bits per heavy atom. The van der Waals surface area contributed by atoms with Crippen molar-refractivity contribution >= 4 is 17.7 Å². The van der Waals surface area contributed by atoms with Crippen LogP contribution in [0.3, 0.4) is 0 Å². The third kappa shape index (κ3) is 7.88. The minimum Gasteiger partial charge on any atom is -0.355 e. The van der Waals surface area contributed by atoms with Crippen molar-refractivity contribution in [2.45, 2.75) is 19.8 Å². The lowest BCUT2D eigenvalue weighted by Crippen LogP contribution is -2.26. The molecule has 12 heavy (non-hydrogen) atoms. The number of hydrogen-bond donors (Lipinski definition) is 2. The van der Waals surface area contributed by atoms with Gasteiger partial charge in [0.1, 0.15) is 0 Å². The summed E-state index contributed by atoms with van der Waals surface area (Å²) in [7, 11) is 0. The van der Waals surface area contributed by atoms with Gasteiger partial charge in [0.25, 0.3) is 0 Å². The lowest BCUT2D eigenvalue weighted by Gasteiger charge is -2.02. The Hall–Kier alpha value is -0.220. The Bertz CT molecular complexity index is 108. The van der Waals surface area contributed by atoms with E-state index in [0.717, 1.165) is 25.1 Å². The first-order valence-electron chi connectivity index (χ1n) is 4.35. The first kappa shape index (κ1) is 11.8. The molecule has 0 aromatic heterocycles. The van der Waals surface area contributed by atoms with Crippen molar-refractivity contribution in [1.29, 1.82) is 0 Å². The molecule has 4 heteroatoms. The monoisotopic (exact) mass is 190 g/mol. The first-order chi connectivity index (χ1) is 5.81. The van der Waals surface area contributed by atoms with Crippen molar-refractivity contribution in [2.75, 3.05) is 24.6 Å². The molecule has 0 unspecified atom stereocenters. The summed E-state index contributed by atoms with van der Waals surface area (Å²) >= 11 is 1.58. The molecule has 3 N–H and O–H groups in total. The number of carbonyl (C=O) groups is 1. The standard InChI is InChI=1S/C8H18N2OS/c1-2-3-5-10-8(11)7-12-6-4-9/h2-7,9H2,1H3,(H,10,11). The minimum absolute atomic E-state index is 0.127. The van der Waals surface area contributed by atoms with Gasteiger partial charge >= 0.3 is 0 Å². The molecule has 0 rings (SSSR count). The minimum atomic E-state index is 0.127. The maximum Gasteiger partial charge on any atom is 0.229 e. The fourth-order valence-corrected chi connectivity index (χ4v) is 1.30. The van der Waals surface area contributed by atoms with Gasteiger partial charge in [0.15, 0.2) is 0 Å². The molecular weight excluding hydrogens is 172 g/mol. The fourth-order valence-electron chi connectivity index (χ4n) is 0.704. The normalized spacial score (nSPS) is 9.83. The van der Waals surface area contributed by atoms with Crippen LogP contribution in [0.4, 0.5) is 0 Å². The van der Waals surface area contributed by atoms with E-state index >= 15 is 0 Å². The average Bonchev–Trinajstić information content (AvgIpc) is 2.06. The predicted molar refractivity (Wildman–Crippen MR) is 54.3 cm³/mol. The number of nitrogens with one attached hydrogen (secondary N) is 1. The van der Waals surface area contributed by atoms with Gasteiger partial charge in [-0.05, 0) is 6.42 Å². The zero-order chi connectivity index (χ0) is 9.23. The van der Waals surface area contributed by atoms with Crippen LogP contribution in [0.1, 0.15) is 19.8 Å². The molecule has 72 valence electrons.